The Hall–Kier alpha value is -1.92. The number of aliphatic hydroxyl groups is 1. The first-order chi connectivity index (χ1) is 11.9. The first kappa shape index (κ1) is 19.4. The molecule has 2 amide bonds. The topological polar surface area (TPSA) is 116 Å². The Labute approximate surface area is 148 Å². The summed E-state index contributed by atoms with van der Waals surface area (Å²) in [5, 5.41) is 10.3. The molecule has 1 aliphatic heterocycles. The Kier molecular flexibility index (Phi) is 6.96. The van der Waals surface area contributed by atoms with E-state index in [1.807, 2.05) is 37.3 Å². The maximum absolute atomic E-state index is 11.9. The molecule has 0 spiro atoms. The minimum Gasteiger partial charge on any atom is -0.393 e. The van der Waals surface area contributed by atoms with E-state index in [1.54, 1.807) is 6.42 Å². The lowest BCUT2D eigenvalue weighted by atomic mass is 9.78. The van der Waals surface area contributed by atoms with Crippen molar-refractivity contribution in [1.29, 1.82) is 0 Å². The van der Waals surface area contributed by atoms with E-state index in [2.05, 4.69) is 0 Å². The van der Waals surface area contributed by atoms with Crippen LogP contribution in [0.3, 0.4) is 0 Å². The molecular weight excluding hydrogens is 320 g/mol. The standard InChI is InChI=1S/C19H27N2O4/c1-12-9-14(10-17(25-12)19(21)24)16(18(20)23)11-15(22)8-7-13-5-3-2-4-6-13/h2-6,8,12,14-17,22H,7,9-11H2,1H3,(H2,20,23)(H2,21,24)/t12?,14?,15-,16-,17?/m0/s1. The van der Waals surface area contributed by atoms with Crippen molar-refractivity contribution in [2.75, 3.05) is 0 Å². The maximum atomic E-state index is 11.9. The zero-order valence-electron chi connectivity index (χ0n) is 14.5. The number of nitrogens with two attached hydrogens (primary N) is 2. The van der Waals surface area contributed by atoms with Gasteiger partial charge in [0.2, 0.25) is 11.8 Å². The zero-order chi connectivity index (χ0) is 18.4. The van der Waals surface area contributed by atoms with Gasteiger partial charge >= 0.3 is 0 Å². The van der Waals surface area contributed by atoms with E-state index in [4.69, 9.17) is 16.2 Å². The molecule has 137 valence electrons. The smallest absolute Gasteiger partial charge is 0.246 e. The van der Waals surface area contributed by atoms with Gasteiger partial charge in [-0.1, -0.05) is 30.3 Å². The molecule has 5 N–H and O–H groups in total. The molecule has 0 aliphatic carbocycles. The van der Waals surface area contributed by atoms with Crippen LogP contribution >= 0.6 is 0 Å². The molecule has 6 nitrogen and oxygen atoms in total. The van der Waals surface area contributed by atoms with E-state index in [0.717, 1.165) is 5.56 Å². The second-order valence-corrected chi connectivity index (χ2v) is 6.81. The van der Waals surface area contributed by atoms with E-state index in [9.17, 15) is 14.7 Å². The molecule has 0 aromatic heterocycles. The summed E-state index contributed by atoms with van der Waals surface area (Å²) in [5.74, 6) is -1.64. The van der Waals surface area contributed by atoms with Gasteiger partial charge in [0.1, 0.15) is 6.10 Å². The summed E-state index contributed by atoms with van der Waals surface area (Å²) in [6.45, 7) is 1.85. The Morgan fingerprint density at radius 3 is 2.56 bits per heavy atom. The summed E-state index contributed by atoms with van der Waals surface area (Å²) in [6, 6.07) is 9.77. The number of amides is 2. The van der Waals surface area contributed by atoms with E-state index in [0.29, 0.717) is 19.3 Å². The third kappa shape index (κ3) is 5.83. The molecule has 1 aromatic rings. The highest BCUT2D eigenvalue weighted by Gasteiger charge is 2.37. The van der Waals surface area contributed by atoms with E-state index in [1.165, 1.54) is 0 Å². The van der Waals surface area contributed by atoms with Crippen molar-refractivity contribution in [3.63, 3.8) is 0 Å². The number of carbonyl (C=O) groups excluding carboxylic acids is 2. The van der Waals surface area contributed by atoms with Crippen molar-refractivity contribution in [3.8, 4) is 0 Å². The number of carbonyl (C=O) groups is 2. The highest BCUT2D eigenvalue weighted by atomic mass is 16.5. The summed E-state index contributed by atoms with van der Waals surface area (Å²) in [4.78, 5) is 23.4. The molecule has 0 saturated carbocycles. The molecule has 25 heavy (non-hydrogen) atoms. The molecular formula is C19H27N2O4. The first-order valence-electron chi connectivity index (χ1n) is 8.66. The van der Waals surface area contributed by atoms with Gasteiger partial charge in [-0.3, -0.25) is 9.59 Å². The average Bonchev–Trinajstić information content (AvgIpc) is 2.58. The van der Waals surface area contributed by atoms with Crippen LogP contribution in [0.5, 0.6) is 0 Å². The van der Waals surface area contributed by atoms with Gasteiger partial charge in [-0.15, -0.1) is 0 Å². The summed E-state index contributed by atoms with van der Waals surface area (Å²) in [5.41, 5.74) is 12.0. The molecule has 1 aromatic carbocycles. The van der Waals surface area contributed by atoms with Crippen LogP contribution in [0.4, 0.5) is 0 Å². The third-order valence-corrected chi connectivity index (χ3v) is 4.76. The van der Waals surface area contributed by atoms with Gasteiger partial charge in [0.25, 0.3) is 0 Å². The van der Waals surface area contributed by atoms with Crippen molar-refractivity contribution >= 4 is 11.8 Å². The van der Waals surface area contributed by atoms with Gasteiger partial charge in [-0.25, -0.2) is 0 Å². The van der Waals surface area contributed by atoms with E-state index >= 15 is 0 Å². The van der Waals surface area contributed by atoms with Crippen molar-refractivity contribution in [1.82, 2.24) is 0 Å². The fourth-order valence-electron chi connectivity index (χ4n) is 3.48. The average molecular weight is 347 g/mol. The van der Waals surface area contributed by atoms with Crippen LogP contribution in [-0.2, 0) is 20.7 Å². The molecule has 5 atom stereocenters. The summed E-state index contributed by atoms with van der Waals surface area (Å²) < 4.78 is 5.52. The summed E-state index contributed by atoms with van der Waals surface area (Å²) >= 11 is 0. The zero-order valence-corrected chi connectivity index (χ0v) is 14.5. The molecule has 6 heteroatoms. The fourth-order valence-corrected chi connectivity index (χ4v) is 3.48. The predicted molar refractivity (Wildman–Crippen MR) is 94.0 cm³/mol. The maximum Gasteiger partial charge on any atom is 0.246 e. The van der Waals surface area contributed by atoms with Crippen molar-refractivity contribution in [2.24, 2.45) is 23.3 Å². The Morgan fingerprint density at radius 2 is 1.96 bits per heavy atom. The van der Waals surface area contributed by atoms with E-state index < -0.39 is 29.9 Å². The van der Waals surface area contributed by atoms with Gasteiger partial charge in [-0.2, -0.15) is 0 Å². The first-order valence-corrected chi connectivity index (χ1v) is 8.66. The number of rotatable bonds is 8. The monoisotopic (exact) mass is 347 g/mol. The number of hydrogen-bond acceptors (Lipinski definition) is 4. The fraction of sp³-hybridized carbons (Fsp3) is 0.526. The minimum atomic E-state index is -0.747. The summed E-state index contributed by atoms with van der Waals surface area (Å²) in [7, 11) is 0. The molecule has 2 rings (SSSR count). The Balaban J connectivity index is 1.95. The molecule has 1 saturated heterocycles. The van der Waals surface area contributed by atoms with Crippen LogP contribution in [-0.4, -0.2) is 35.2 Å². The van der Waals surface area contributed by atoms with Crippen molar-refractivity contribution < 1.29 is 19.4 Å². The quantitative estimate of drug-likeness (QED) is 0.649. The normalized spacial score (nSPS) is 25.9. The Morgan fingerprint density at radius 1 is 1.28 bits per heavy atom. The van der Waals surface area contributed by atoms with Crippen LogP contribution in [0.15, 0.2) is 30.3 Å². The number of primary amides is 2. The van der Waals surface area contributed by atoms with Crippen molar-refractivity contribution in [2.45, 2.75) is 50.9 Å². The van der Waals surface area contributed by atoms with Crippen LogP contribution in [0, 0.1) is 18.3 Å². The molecule has 3 unspecified atom stereocenters. The molecule has 0 bridgehead atoms. The lowest BCUT2D eigenvalue weighted by Gasteiger charge is -2.36. The summed E-state index contributed by atoms with van der Waals surface area (Å²) in [6.07, 6.45) is 1.97. The van der Waals surface area contributed by atoms with Crippen LogP contribution in [0.2, 0.25) is 0 Å². The lowest BCUT2D eigenvalue weighted by Crippen LogP contribution is -2.45. The highest BCUT2D eigenvalue weighted by molar-refractivity contribution is 5.80. The molecule has 1 aliphatic rings. The third-order valence-electron chi connectivity index (χ3n) is 4.76. The second-order valence-electron chi connectivity index (χ2n) is 6.81. The number of aliphatic hydroxyl groups excluding tert-OH is 1. The van der Waals surface area contributed by atoms with Crippen LogP contribution in [0.25, 0.3) is 0 Å². The van der Waals surface area contributed by atoms with Gasteiger partial charge in [-0.05, 0) is 50.5 Å². The largest absolute Gasteiger partial charge is 0.393 e. The van der Waals surface area contributed by atoms with Crippen LogP contribution in [0.1, 0.15) is 31.7 Å². The van der Waals surface area contributed by atoms with Gasteiger partial charge in [0.15, 0.2) is 0 Å². The number of hydrogen-bond donors (Lipinski definition) is 3. The Bertz CT molecular complexity index is 578. The second kappa shape index (κ2) is 8.97. The molecule has 1 fully saturated rings. The molecule has 1 radical (unpaired) electrons. The SMILES string of the molecule is CC1CC([C@H](C[C@@H](O)[CH]Cc2ccccc2)C(N)=O)CC(C(N)=O)O1. The van der Waals surface area contributed by atoms with Crippen molar-refractivity contribution in [3.05, 3.63) is 42.3 Å². The molecule has 1 heterocycles. The highest BCUT2D eigenvalue weighted by Crippen LogP contribution is 2.33. The van der Waals surface area contributed by atoms with E-state index in [-0.39, 0.29) is 18.4 Å². The predicted octanol–water partition coefficient (Wildman–Crippen LogP) is 0.955. The van der Waals surface area contributed by atoms with Gasteiger partial charge in [0, 0.05) is 5.92 Å². The van der Waals surface area contributed by atoms with Gasteiger partial charge < -0.3 is 21.3 Å². The number of ether oxygens (including phenoxy) is 1. The number of benzene rings is 1. The lowest BCUT2D eigenvalue weighted by molar-refractivity contribution is -0.145. The minimum absolute atomic E-state index is 0.126. The van der Waals surface area contributed by atoms with Crippen LogP contribution < -0.4 is 11.5 Å². The van der Waals surface area contributed by atoms with Gasteiger partial charge in [0.05, 0.1) is 12.2 Å².